The van der Waals surface area contributed by atoms with Gasteiger partial charge in [0.1, 0.15) is 6.54 Å². The molecule has 2 aliphatic rings. The van der Waals surface area contributed by atoms with E-state index in [-0.39, 0.29) is 24.1 Å². The molecule has 0 saturated heterocycles. The van der Waals surface area contributed by atoms with E-state index in [0.29, 0.717) is 5.69 Å². The predicted molar refractivity (Wildman–Crippen MR) is 79.1 cm³/mol. The van der Waals surface area contributed by atoms with E-state index in [2.05, 4.69) is 0 Å². The number of amides is 2. The first kappa shape index (κ1) is 15.8. The Morgan fingerprint density at radius 3 is 2.39 bits per heavy atom. The number of rotatable bonds is 2. The van der Waals surface area contributed by atoms with E-state index in [1.165, 1.54) is 11.0 Å². The van der Waals surface area contributed by atoms with Crippen molar-refractivity contribution in [3.05, 3.63) is 24.3 Å². The molecule has 0 aromatic heterocycles. The Hall–Kier alpha value is -2.05. The van der Waals surface area contributed by atoms with Crippen molar-refractivity contribution in [2.75, 3.05) is 22.9 Å². The minimum atomic E-state index is -4.50. The highest BCUT2D eigenvalue weighted by atomic mass is 19.4. The van der Waals surface area contributed by atoms with E-state index >= 15 is 0 Å². The number of hydrogen-bond donors (Lipinski definition) is 0. The van der Waals surface area contributed by atoms with Gasteiger partial charge in [-0.2, -0.15) is 13.2 Å². The fourth-order valence-corrected chi connectivity index (χ4v) is 2.86. The SMILES string of the molecule is C[C@H]1CN(C(=O)C2CC2)c2ccccc2N(CC(F)(F)F)C1=O. The van der Waals surface area contributed by atoms with Crippen LogP contribution in [0.3, 0.4) is 0 Å². The van der Waals surface area contributed by atoms with Gasteiger partial charge in [-0.25, -0.2) is 0 Å². The number of para-hydroxylation sites is 2. The van der Waals surface area contributed by atoms with E-state index < -0.39 is 24.5 Å². The van der Waals surface area contributed by atoms with Crippen molar-refractivity contribution in [2.45, 2.75) is 25.9 Å². The number of alkyl halides is 3. The maximum absolute atomic E-state index is 12.9. The van der Waals surface area contributed by atoms with Crippen molar-refractivity contribution >= 4 is 23.2 Å². The van der Waals surface area contributed by atoms with Gasteiger partial charge in [0.2, 0.25) is 11.8 Å². The van der Waals surface area contributed by atoms with Crippen LogP contribution in [-0.2, 0) is 9.59 Å². The van der Waals surface area contributed by atoms with Crippen molar-refractivity contribution in [1.29, 1.82) is 0 Å². The summed E-state index contributed by atoms with van der Waals surface area (Å²) in [5.74, 6) is -1.47. The largest absolute Gasteiger partial charge is 0.406 e. The highest BCUT2D eigenvalue weighted by Crippen LogP contribution is 2.39. The molecule has 0 unspecified atom stereocenters. The number of fused-ring (bicyclic) bond motifs is 1. The Morgan fingerprint density at radius 1 is 1.22 bits per heavy atom. The fourth-order valence-electron chi connectivity index (χ4n) is 2.86. The minimum absolute atomic E-state index is 0.0699. The molecular formula is C16H17F3N2O2. The van der Waals surface area contributed by atoms with Crippen molar-refractivity contribution in [3.63, 3.8) is 0 Å². The number of anilines is 2. The summed E-state index contributed by atoms with van der Waals surface area (Å²) >= 11 is 0. The summed E-state index contributed by atoms with van der Waals surface area (Å²) in [5.41, 5.74) is 0.527. The average molecular weight is 326 g/mol. The fraction of sp³-hybridized carbons (Fsp3) is 0.500. The smallest absolute Gasteiger partial charge is 0.309 e. The minimum Gasteiger partial charge on any atom is -0.309 e. The second-order valence-corrected chi connectivity index (χ2v) is 6.15. The standard InChI is InChI=1S/C16H17F3N2O2/c1-10-8-20(15(23)11-6-7-11)12-4-2-3-5-13(12)21(14(10)22)9-16(17,18)19/h2-5,10-11H,6-9H2,1H3/t10-/m0/s1. The van der Waals surface area contributed by atoms with Crippen LogP contribution in [0.25, 0.3) is 0 Å². The third kappa shape index (κ3) is 3.18. The van der Waals surface area contributed by atoms with Crippen LogP contribution in [0.5, 0.6) is 0 Å². The maximum atomic E-state index is 12.9. The van der Waals surface area contributed by atoms with Crippen molar-refractivity contribution in [1.82, 2.24) is 0 Å². The molecule has 1 fully saturated rings. The van der Waals surface area contributed by atoms with Gasteiger partial charge in [0.15, 0.2) is 0 Å². The van der Waals surface area contributed by atoms with Gasteiger partial charge in [-0.3, -0.25) is 9.59 Å². The quantitative estimate of drug-likeness (QED) is 0.838. The molecule has 3 rings (SSSR count). The number of carbonyl (C=O) groups is 2. The van der Waals surface area contributed by atoms with Gasteiger partial charge in [-0.1, -0.05) is 19.1 Å². The summed E-state index contributed by atoms with van der Waals surface area (Å²) in [6, 6.07) is 6.30. The third-order valence-electron chi connectivity index (χ3n) is 4.14. The van der Waals surface area contributed by atoms with Gasteiger partial charge < -0.3 is 9.80 Å². The molecule has 2 amide bonds. The van der Waals surface area contributed by atoms with Gasteiger partial charge in [-0.05, 0) is 25.0 Å². The highest BCUT2D eigenvalue weighted by Gasteiger charge is 2.42. The molecule has 7 heteroatoms. The van der Waals surface area contributed by atoms with Gasteiger partial charge in [0.05, 0.1) is 17.3 Å². The van der Waals surface area contributed by atoms with Crippen LogP contribution in [0.4, 0.5) is 24.5 Å². The van der Waals surface area contributed by atoms with E-state index in [4.69, 9.17) is 0 Å². The zero-order valence-corrected chi connectivity index (χ0v) is 12.6. The molecule has 4 nitrogen and oxygen atoms in total. The maximum Gasteiger partial charge on any atom is 0.406 e. The van der Waals surface area contributed by atoms with Crippen LogP contribution in [-0.4, -0.2) is 31.1 Å². The molecule has 1 aliphatic carbocycles. The summed E-state index contributed by atoms with van der Waals surface area (Å²) in [7, 11) is 0. The lowest BCUT2D eigenvalue weighted by Gasteiger charge is -2.26. The molecule has 1 aromatic rings. The van der Waals surface area contributed by atoms with Crippen molar-refractivity contribution < 1.29 is 22.8 Å². The number of benzene rings is 1. The van der Waals surface area contributed by atoms with Crippen LogP contribution in [0, 0.1) is 11.8 Å². The van der Waals surface area contributed by atoms with Crippen LogP contribution in [0.1, 0.15) is 19.8 Å². The predicted octanol–water partition coefficient (Wildman–Crippen LogP) is 2.97. The van der Waals surface area contributed by atoms with Crippen LogP contribution < -0.4 is 9.80 Å². The van der Waals surface area contributed by atoms with Crippen LogP contribution in [0.15, 0.2) is 24.3 Å². The molecule has 124 valence electrons. The highest BCUT2D eigenvalue weighted by molar-refractivity contribution is 6.06. The Labute approximate surface area is 131 Å². The summed E-state index contributed by atoms with van der Waals surface area (Å²) in [4.78, 5) is 27.1. The molecule has 0 spiro atoms. The van der Waals surface area contributed by atoms with E-state index in [1.807, 2.05) is 0 Å². The zero-order chi connectivity index (χ0) is 16.8. The average Bonchev–Trinajstić information content (AvgIpc) is 3.32. The number of halogens is 3. The van der Waals surface area contributed by atoms with Crippen LogP contribution >= 0.6 is 0 Å². The molecular weight excluding hydrogens is 309 g/mol. The normalized spacial score (nSPS) is 21.9. The lowest BCUT2D eigenvalue weighted by molar-refractivity contribution is -0.134. The molecule has 1 atom stereocenters. The number of nitrogens with zero attached hydrogens (tertiary/aromatic N) is 2. The molecule has 0 N–H and O–H groups in total. The Bertz CT molecular complexity index is 640. The summed E-state index contributed by atoms with van der Waals surface area (Å²) in [6.07, 6.45) is -2.91. The molecule has 0 radical (unpaired) electrons. The number of carbonyl (C=O) groups excluding carboxylic acids is 2. The Balaban J connectivity index is 2.05. The zero-order valence-electron chi connectivity index (χ0n) is 12.6. The number of hydrogen-bond acceptors (Lipinski definition) is 2. The van der Waals surface area contributed by atoms with E-state index in [1.54, 1.807) is 25.1 Å². The monoisotopic (exact) mass is 326 g/mol. The first-order chi connectivity index (χ1) is 10.8. The lowest BCUT2D eigenvalue weighted by atomic mass is 10.1. The lowest BCUT2D eigenvalue weighted by Crippen LogP contribution is -2.42. The summed E-state index contributed by atoms with van der Waals surface area (Å²) in [6.45, 7) is 0.322. The van der Waals surface area contributed by atoms with Gasteiger partial charge >= 0.3 is 6.18 Å². The molecule has 1 aliphatic heterocycles. The second kappa shape index (κ2) is 5.54. The first-order valence-electron chi connectivity index (χ1n) is 7.56. The van der Waals surface area contributed by atoms with E-state index in [0.717, 1.165) is 17.7 Å². The van der Waals surface area contributed by atoms with Crippen molar-refractivity contribution in [2.24, 2.45) is 11.8 Å². The second-order valence-electron chi connectivity index (χ2n) is 6.15. The third-order valence-corrected chi connectivity index (χ3v) is 4.14. The first-order valence-corrected chi connectivity index (χ1v) is 7.56. The van der Waals surface area contributed by atoms with Gasteiger partial charge in [0, 0.05) is 12.5 Å². The van der Waals surface area contributed by atoms with Crippen molar-refractivity contribution in [3.8, 4) is 0 Å². The van der Waals surface area contributed by atoms with Gasteiger partial charge in [0.25, 0.3) is 0 Å². The molecule has 1 heterocycles. The summed E-state index contributed by atoms with van der Waals surface area (Å²) < 4.78 is 38.7. The van der Waals surface area contributed by atoms with E-state index in [9.17, 15) is 22.8 Å². The molecule has 1 saturated carbocycles. The molecule has 23 heavy (non-hydrogen) atoms. The molecule has 0 bridgehead atoms. The Kier molecular flexibility index (Phi) is 3.82. The summed E-state index contributed by atoms with van der Waals surface area (Å²) in [5, 5.41) is 0. The Morgan fingerprint density at radius 2 is 1.83 bits per heavy atom. The van der Waals surface area contributed by atoms with Gasteiger partial charge in [-0.15, -0.1) is 0 Å². The topological polar surface area (TPSA) is 40.6 Å². The molecule has 1 aromatic carbocycles. The van der Waals surface area contributed by atoms with Crippen LogP contribution in [0.2, 0.25) is 0 Å².